The first-order valence-corrected chi connectivity index (χ1v) is 6.27. The molecule has 0 spiro atoms. The molecule has 0 fully saturated rings. The molecule has 0 heterocycles. The standard InChI is InChI=1S/C14H22N2O3/c1-18-9-8-16(14(17)13(10-15)19-2)11-12-6-4-3-5-7-12/h3-7,13H,8-11,15H2,1-2H3. The van der Waals surface area contributed by atoms with Crippen molar-refractivity contribution in [3.63, 3.8) is 0 Å². The summed E-state index contributed by atoms with van der Waals surface area (Å²) in [6.45, 7) is 1.71. The van der Waals surface area contributed by atoms with Crippen molar-refractivity contribution < 1.29 is 14.3 Å². The van der Waals surface area contributed by atoms with Gasteiger partial charge in [0.25, 0.3) is 5.91 Å². The molecule has 0 aromatic heterocycles. The van der Waals surface area contributed by atoms with E-state index in [1.165, 1.54) is 7.11 Å². The molecule has 1 aromatic rings. The van der Waals surface area contributed by atoms with Gasteiger partial charge in [-0.2, -0.15) is 0 Å². The fourth-order valence-corrected chi connectivity index (χ4v) is 1.77. The van der Waals surface area contributed by atoms with E-state index in [9.17, 15) is 4.79 Å². The maximum absolute atomic E-state index is 12.3. The summed E-state index contributed by atoms with van der Waals surface area (Å²) in [5.41, 5.74) is 6.61. The monoisotopic (exact) mass is 266 g/mol. The number of amides is 1. The molecule has 1 unspecified atom stereocenters. The van der Waals surface area contributed by atoms with Crippen molar-refractivity contribution in [3.05, 3.63) is 35.9 Å². The zero-order chi connectivity index (χ0) is 14.1. The second kappa shape index (κ2) is 8.63. The lowest BCUT2D eigenvalue weighted by Crippen LogP contribution is -2.44. The molecule has 1 amide bonds. The summed E-state index contributed by atoms with van der Waals surface area (Å²) >= 11 is 0. The van der Waals surface area contributed by atoms with Crippen LogP contribution in [-0.2, 0) is 20.8 Å². The Bertz CT molecular complexity index is 366. The molecule has 106 valence electrons. The Labute approximate surface area is 114 Å². The maximum Gasteiger partial charge on any atom is 0.253 e. The van der Waals surface area contributed by atoms with Gasteiger partial charge in [-0.05, 0) is 5.56 Å². The lowest BCUT2D eigenvalue weighted by Gasteiger charge is -2.26. The molecule has 1 atom stereocenters. The molecule has 0 aliphatic rings. The van der Waals surface area contributed by atoms with Crippen LogP contribution in [0.5, 0.6) is 0 Å². The van der Waals surface area contributed by atoms with Crippen LogP contribution in [0.25, 0.3) is 0 Å². The van der Waals surface area contributed by atoms with Crippen molar-refractivity contribution in [3.8, 4) is 0 Å². The van der Waals surface area contributed by atoms with Gasteiger partial charge in [-0.1, -0.05) is 30.3 Å². The molecule has 0 saturated heterocycles. The molecule has 0 saturated carbocycles. The summed E-state index contributed by atoms with van der Waals surface area (Å²) in [7, 11) is 3.11. The number of nitrogens with zero attached hydrogens (tertiary/aromatic N) is 1. The van der Waals surface area contributed by atoms with Crippen LogP contribution >= 0.6 is 0 Å². The second-order valence-electron chi connectivity index (χ2n) is 4.20. The summed E-state index contributed by atoms with van der Waals surface area (Å²) in [4.78, 5) is 14.0. The third kappa shape index (κ3) is 4.98. The first-order valence-electron chi connectivity index (χ1n) is 6.27. The number of rotatable bonds is 8. The maximum atomic E-state index is 12.3. The third-order valence-electron chi connectivity index (χ3n) is 2.87. The summed E-state index contributed by atoms with van der Waals surface area (Å²) in [6.07, 6.45) is -0.597. The number of methoxy groups -OCH3 is 2. The van der Waals surface area contributed by atoms with E-state index < -0.39 is 6.10 Å². The zero-order valence-corrected chi connectivity index (χ0v) is 11.5. The topological polar surface area (TPSA) is 64.8 Å². The number of carbonyl (C=O) groups is 1. The molecule has 1 aromatic carbocycles. The Morgan fingerprint density at radius 1 is 1.32 bits per heavy atom. The Morgan fingerprint density at radius 3 is 2.53 bits per heavy atom. The third-order valence-corrected chi connectivity index (χ3v) is 2.87. The van der Waals surface area contributed by atoms with E-state index in [1.54, 1.807) is 12.0 Å². The zero-order valence-electron chi connectivity index (χ0n) is 11.5. The van der Waals surface area contributed by atoms with Crippen LogP contribution in [0, 0.1) is 0 Å². The number of hydrogen-bond donors (Lipinski definition) is 1. The Hall–Kier alpha value is -1.43. The minimum atomic E-state index is -0.597. The van der Waals surface area contributed by atoms with E-state index in [0.717, 1.165) is 5.56 Å². The fraction of sp³-hybridized carbons (Fsp3) is 0.500. The first-order chi connectivity index (χ1) is 9.22. The predicted molar refractivity (Wildman–Crippen MR) is 73.6 cm³/mol. The van der Waals surface area contributed by atoms with Crippen LogP contribution in [-0.4, -0.2) is 50.8 Å². The van der Waals surface area contributed by atoms with Crippen LogP contribution in [0.4, 0.5) is 0 Å². The van der Waals surface area contributed by atoms with Crippen molar-refractivity contribution in [2.24, 2.45) is 5.73 Å². The lowest BCUT2D eigenvalue weighted by molar-refractivity contribution is -0.142. The highest BCUT2D eigenvalue weighted by Crippen LogP contribution is 2.07. The van der Waals surface area contributed by atoms with E-state index in [0.29, 0.717) is 19.7 Å². The van der Waals surface area contributed by atoms with Gasteiger partial charge in [-0.25, -0.2) is 0 Å². The predicted octanol–water partition coefficient (Wildman–Crippen LogP) is 0.635. The van der Waals surface area contributed by atoms with Crippen molar-refractivity contribution >= 4 is 5.91 Å². The van der Waals surface area contributed by atoms with Crippen LogP contribution in [0.2, 0.25) is 0 Å². The summed E-state index contributed by atoms with van der Waals surface area (Å²) in [5.74, 6) is -0.106. The SMILES string of the molecule is COCCN(Cc1ccccc1)C(=O)C(CN)OC. The highest BCUT2D eigenvalue weighted by atomic mass is 16.5. The fourth-order valence-electron chi connectivity index (χ4n) is 1.77. The van der Waals surface area contributed by atoms with Crippen molar-refractivity contribution in [1.82, 2.24) is 4.90 Å². The molecular weight excluding hydrogens is 244 g/mol. The number of carbonyl (C=O) groups excluding carboxylic acids is 1. The molecule has 0 bridgehead atoms. The van der Waals surface area contributed by atoms with E-state index in [-0.39, 0.29) is 12.5 Å². The van der Waals surface area contributed by atoms with E-state index in [1.807, 2.05) is 30.3 Å². The van der Waals surface area contributed by atoms with E-state index in [4.69, 9.17) is 15.2 Å². The molecule has 0 radical (unpaired) electrons. The van der Waals surface area contributed by atoms with Gasteiger partial charge in [-0.3, -0.25) is 4.79 Å². The van der Waals surface area contributed by atoms with Gasteiger partial charge < -0.3 is 20.1 Å². The highest BCUT2D eigenvalue weighted by molar-refractivity contribution is 5.81. The average Bonchev–Trinajstić information content (AvgIpc) is 2.45. The molecular formula is C14H22N2O3. The minimum Gasteiger partial charge on any atom is -0.383 e. The van der Waals surface area contributed by atoms with Gasteiger partial charge in [0.1, 0.15) is 6.10 Å². The van der Waals surface area contributed by atoms with Gasteiger partial charge in [-0.15, -0.1) is 0 Å². The van der Waals surface area contributed by atoms with Gasteiger partial charge in [0, 0.05) is 33.9 Å². The van der Waals surface area contributed by atoms with Crippen molar-refractivity contribution in [2.45, 2.75) is 12.6 Å². The van der Waals surface area contributed by atoms with Crippen LogP contribution in [0.15, 0.2) is 30.3 Å². The number of nitrogens with two attached hydrogens (primary N) is 1. The Kier molecular flexibility index (Phi) is 7.10. The van der Waals surface area contributed by atoms with Crippen molar-refractivity contribution in [2.75, 3.05) is 33.9 Å². The molecule has 19 heavy (non-hydrogen) atoms. The smallest absolute Gasteiger partial charge is 0.253 e. The van der Waals surface area contributed by atoms with E-state index >= 15 is 0 Å². The number of benzene rings is 1. The minimum absolute atomic E-state index is 0.106. The van der Waals surface area contributed by atoms with Crippen LogP contribution < -0.4 is 5.73 Å². The molecule has 0 aliphatic heterocycles. The molecule has 5 heteroatoms. The summed E-state index contributed by atoms with van der Waals surface area (Å²) < 4.78 is 10.1. The van der Waals surface area contributed by atoms with Gasteiger partial charge in [0.2, 0.25) is 0 Å². The average molecular weight is 266 g/mol. The van der Waals surface area contributed by atoms with Gasteiger partial charge >= 0.3 is 0 Å². The molecule has 1 rings (SSSR count). The largest absolute Gasteiger partial charge is 0.383 e. The van der Waals surface area contributed by atoms with Crippen molar-refractivity contribution in [1.29, 1.82) is 0 Å². The first kappa shape index (κ1) is 15.6. The Balaban J connectivity index is 2.73. The number of hydrogen-bond acceptors (Lipinski definition) is 4. The summed E-state index contributed by atoms with van der Waals surface area (Å²) in [6, 6.07) is 9.81. The molecule has 5 nitrogen and oxygen atoms in total. The van der Waals surface area contributed by atoms with Crippen LogP contribution in [0.3, 0.4) is 0 Å². The summed E-state index contributed by atoms with van der Waals surface area (Å²) in [5, 5.41) is 0. The Morgan fingerprint density at radius 2 is 2.00 bits per heavy atom. The quantitative estimate of drug-likeness (QED) is 0.750. The van der Waals surface area contributed by atoms with E-state index in [2.05, 4.69) is 0 Å². The molecule has 2 N–H and O–H groups in total. The van der Waals surface area contributed by atoms with Gasteiger partial charge in [0.05, 0.1) is 6.61 Å². The second-order valence-corrected chi connectivity index (χ2v) is 4.20. The lowest BCUT2D eigenvalue weighted by atomic mass is 10.2. The van der Waals surface area contributed by atoms with Crippen LogP contribution in [0.1, 0.15) is 5.56 Å². The number of ether oxygens (including phenoxy) is 2. The normalized spacial score (nSPS) is 12.2. The molecule has 0 aliphatic carbocycles. The highest BCUT2D eigenvalue weighted by Gasteiger charge is 2.22. The van der Waals surface area contributed by atoms with Gasteiger partial charge in [0.15, 0.2) is 0 Å².